The number of benzene rings is 2. The molecule has 0 bridgehead atoms. The second-order valence-electron chi connectivity index (χ2n) is 5.18. The van der Waals surface area contributed by atoms with E-state index >= 15 is 0 Å². The quantitative estimate of drug-likeness (QED) is 0.338. The number of carbonyl (C=O) groups is 1. The van der Waals surface area contributed by atoms with Crippen molar-refractivity contribution >= 4 is 17.3 Å². The van der Waals surface area contributed by atoms with Gasteiger partial charge in [-0.2, -0.15) is 0 Å². The Labute approximate surface area is 147 Å². The molecule has 0 aliphatic carbocycles. The largest absolute Gasteiger partial charge is 0.465 e. The maximum Gasteiger partial charge on any atom is 0.338 e. The summed E-state index contributed by atoms with van der Waals surface area (Å²) < 4.78 is 10.9. The van der Waals surface area contributed by atoms with E-state index in [0.717, 1.165) is 11.3 Å². The maximum atomic E-state index is 12.0. The van der Waals surface area contributed by atoms with E-state index < -0.39 is 5.97 Å². The van der Waals surface area contributed by atoms with Crippen LogP contribution in [0.5, 0.6) is 11.5 Å². The lowest BCUT2D eigenvalue weighted by Gasteiger charge is -2.13. The highest BCUT2D eigenvalue weighted by molar-refractivity contribution is 6.17. The number of para-hydroxylation sites is 1. The van der Waals surface area contributed by atoms with Crippen molar-refractivity contribution in [2.75, 3.05) is 14.2 Å². The predicted molar refractivity (Wildman–Crippen MR) is 97.8 cm³/mol. The zero-order valence-corrected chi connectivity index (χ0v) is 14.8. The van der Waals surface area contributed by atoms with Crippen LogP contribution in [-0.4, -0.2) is 25.9 Å². The van der Waals surface area contributed by atoms with Crippen LogP contribution in [0.4, 0.5) is 0 Å². The van der Waals surface area contributed by atoms with Crippen molar-refractivity contribution in [1.29, 1.82) is 0 Å². The summed E-state index contributed by atoms with van der Waals surface area (Å²) in [4.78, 5) is 16.8. The number of oxime groups is 1. The Hall–Kier alpha value is -3.08. The lowest BCUT2D eigenvalue weighted by atomic mass is 10.0. The summed E-state index contributed by atoms with van der Waals surface area (Å²) in [6.07, 6.45) is 1.71. The summed E-state index contributed by atoms with van der Waals surface area (Å²) in [5.74, 6) is 0.797. The van der Waals surface area contributed by atoms with Crippen molar-refractivity contribution in [3.63, 3.8) is 0 Å². The van der Waals surface area contributed by atoms with Crippen LogP contribution in [0, 0.1) is 0 Å². The molecule has 5 nitrogen and oxygen atoms in total. The molecule has 0 aromatic heterocycles. The number of hydrogen-bond donors (Lipinski definition) is 0. The van der Waals surface area contributed by atoms with Gasteiger partial charge in [0.05, 0.1) is 18.4 Å². The second-order valence-corrected chi connectivity index (χ2v) is 5.18. The molecule has 2 aromatic rings. The third kappa shape index (κ3) is 4.47. The summed E-state index contributed by atoms with van der Waals surface area (Å²) in [5.41, 5.74) is 2.75. The van der Waals surface area contributed by atoms with Crippen molar-refractivity contribution in [1.82, 2.24) is 0 Å². The molecule has 0 saturated carbocycles. The topological polar surface area (TPSA) is 57.1 Å². The Balaban J connectivity index is 2.38. The molecule has 0 unspecified atom stereocenters. The van der Waals surface area contributed by atoms with E-state index in [-0.39, 0.29) is 0 Å². The summed E-state index contributed by atoms with van der Waals surface area (Å²) in [6.45, 7) is 3.64. The first-order valence-electron chi connectivity index (χ1n) is 7.80. The molecular weight excluding hydrogens is 318 g/mol. The van der Waals surface area contributed by atoms with Crippen LogP contribution in [0.1, 0.15) is 25.0 Å². The minimum Gasteiger partial charge on any atom is -0.465 e. The monoisotopic (exact) mass is 339 g/mol. The first-order chi connectivity index (χ1) is 12.1. The van der Waals surface area contributed by atoms with Gasteiger partial charge in [-0.25, -0.2) is 4.79 Å². The van der Waals surface area contributed by atoms with E-state index in [1.807, 2.05) is 55.5 Å². The fraction of sp³-hybridized carbons (Fsp3) is 0.200. The fourth-order valence-corrected chi connectivity index (χ4v) is 2.37. The maximum absolute atomic E-state index is 12.0. The first-order valence-corrected chi connectivity index (χ1v) is 7.80. The standard InChI is InChI=1S/C20H21NO4/c1-5-17(20(22)23-3)18-11-6-7-12-19(18)25-16-10-8-9-15(13-16)14(2)21-24-4/h5-13H,1-4H3/b17-5-,21-14-. The van der Waals surface area contributed by atoms with Gasteiger partial charge >= 0.3 is 5.97 Å². The normalized spacial score (nSPS) is 11.8. The number of rotatable bonds is 6. The molecule has 0 radical (unpaired) electrons. The Morgan fingerprint density at radius 3 is 2.52 bits per heavy atom. The van der Waals surface area contributed by atoms with Gasteiger partial charge in [0.25, 0.3) is 0 Å². The van der Waals surface area contributed by atoms with Crippen LogP contribution in [0.2, 0.25) is 0 Å². The van der Waals surface area contributed by atoms with Gasteiger partial charge in [0.15, 0.2) is 0 Å². The van der Waals surface area contributed by atoms with Crippen LogP contribution in [0.25, 0.3) is 5.57 Å². The molecule has 0 heterocycles. The molecule has 0 atom stereocenters. The third-order valence-corrected chi connectivity index (χ3v) is 3.58. The van der Waals surface area contributed by atoms with Gasteiger partial charge in [-0.15, -0.1) is 0 Å². The molecule has 2 aromatic carbocycles. The number of hydrogen-bond acceptors (Lipinski definition) is 5. The predicted octanol–water partition coefficient (Wildman–Crippen LogP) is 4.43. The van der Waals surface area contributed by atoms with E-state index in [0.29, 0.717) is 22.6 Å². The highest BCUT2D eigenvalue weighted by atomic mass is 16.6. The number of ether oxygens (including phenoxy) is 2. The molecule has 0 spiro atoms. The summed E-state index contributed by atoms with van der Waals surface area (Å²) in [7, 11) is 2.86. The second kappa shape index (κ2) is 8.68. The van der Waals surface area contributed by atoms with E-state index in [1.54, 1.807) is 13.0 Å². The first kappa shape index (κ1) is 18.3. The average Bonchev–Trinajstić information content (AvgIpc) is 2.64. The molecule has 0 amide bonds. The summed E-state index contributed by atoms with van der Waals surface area (Å²) >= 11 is 0. The van der Waals surface area contributed by atoms with Crippen molar-refractivity contribution in [2.24, 2.45) is 5.16 Å². The highest BCUT2D eigenvalue weighted by Gasteiger charge is 2.16. The Morgan fingerprint density at radius 1 is 1.08 bits per heavy atom. The van der Waals surface area contributed by atoms with E-state index in [4.69, 9.17) is 14.3 Å². The Kier molecular flexibility index (Phi) is 6.34. The SMILES string of the molecule is C/C=C(\C(=O)OC)c1ccccc1Oc1cccc(/C(C)=N\OC)c1. The van der Waals surface area contributed by atoms with Crippen molar-refractivity contribution in [3.05, 3.63) is 65.7 Å². The van der Waals surface area contributed by atoms with Crippen LogP contribution in [0.3, 0.4) is 0 Å². The minimum atomic E-state index is -0.407. The Bertz CT molecular complexity index is 809. The van der Waals surface area contributed by atoms with Gasteiger partial charge in [0, 0.05) is 11.1 Å². The lowest BCUT2D eigenvalue weighted by Crippen LogP contribution is -2.05. The molecule has 2 rings (SSSR count). The number of nitrogens with zero attached hydrogens (tertiary/aromatic N) is 1. The highest BCUT2D eigenvalue weighted by Crippen LogP contribution is 2.31. The van der Waals surface area contributed by atoms with E-state index in [2.05, 4.69) is 5.16 Å². The molecule has 0 fully saturated rings. The number of carbonyl (C=O) groups excluding carboxylic acids is 1. The zero-order valence-electron chi connectivity index (χ0n) is 14.8. The van der Waals surface area contributed by atoms with Crippen molar-refractivity contribution in [3.8, 4) is 11.5 Å². The zero-order chi connectivity index (χ0) is 18.2. The van der Waals surface area contributed by atoms with Gasteiger partial charge in [0.2, 0.25) is 0 Å². The fourth-order valence-electron chi connectivity index (χ4n) is 2.37. The molecule has 5 heteroatoms. The molecule has 0 aliphatic rings. The average molecular weight is 339 g/mol. The molecular formula is C20H21NO4. The van der Waals surface area contributed by atoms with Gasteiger partial charge < -0.3 is 14.3 Å². The molecule has 0 saturated heterocycles. The molecule has 25 heavy (non-hydrogen) atoms. The van der Waals surface area contributed by atoms with E-state index in [1.165, 1.54) is 14.2 Å². The van der Waals surface area contributed by atoms with Gasteiger partial charge in [-0.1, -0.05) is 41.6 Å². The summed E-state index contributed by atoms with van der Waals surface area (Å²) in [5, 5.41) is 3.93. The molecule has 130 valence electrons. The van der Waals surface area contributed by atoms with Crippen LogP contribution < -0.4 is 4.74 Å². The van der Waals surface area contributed by atoms with Gasteiger partial charge in [-0.05, 0) is 32.0 Å². The lowest BCUT2D eigenvalue weighted by molar-refractivity contribution is -0.133. The third-order valence-electron chi connectivity index (χ3n) is 3.58. The van der Waals surface area contributed by atoms with Crippen LogP contribution >= 0.6 is 0 Å². The number of allylic oxidation sites excluding steroid dienone is 1. The van der Waals surface area contributed by atoms with E-state index in [9.17, 15) is 4.79 Å². The van der Waals surface area contributed by atoms with Crippen LogP contribution in [0.15, 0.2) is 59.8 Å². The smallest absolute Gasteiger partial charge is 0.338 e. The number of esters is 1. The number of methoxy groups -OCH3 is 1. The van der Waals surface area contributed by atoms with Gasteiger partial charge in [-0.3, -0.25) is 0 Å². The summed E-state index contributed by atoms with van der Waals surface area (Å²) in [6, 6.07) is 14.8. The van der Waals surface area contributed by atoms with Gasteiger partial charge in [0.1, 0.15) is 18.6 Å². The van der Waals surface area contributed by atoms with Crippen molar-refractivity contribution < 1.29 is 19.1 Å². The Morgan fingerprint density at radius 2 is 1.84 bits per heavy atom. The van der Waals surface area contributed by atoms with Crippen LogP contribution in [-0.2, 0) is 14.4 Å². The van der Waals surface area contributed by atoms with Crippen molar-refractivity contribution in [2.45, 2.75) is 13.8 Å². The molecule has 0 aliphatic heterocycles. The minimum absolute atomic E-state index is 0.407. The molecule has 0 N–H and O–H groups in total.